The van der Waals surface area contributed by atoms with Gasteiger partial charge in [-0.15, -0.1) is 0 Å². The SMILES string of the molecule is CCNC(=NCCCOCc1ccco1)NCCCCCC(=O)OC. The van der Waals surface area contributed by atoms with Gasteiger partial charge in [0, 0.05) is 32.7 Å². The number of rotatable bonds is 13. The van der Waals surface area contributed by atoms with Gasteiger partial charge < -0.3 is 24.5 Å². The van der Waals surface area contributed by atoms with Gasteiger partial charge in [0.15, 0.2) is 5.96 Å². The molecule has 1 rings (SSSR count). The summed E-state index contributed by atoms with van der Waals surface area (Å²) in [7, 11) is 1.42. The molecule has 0 fully saturated rings. The molecule has 142 valence electrons. The molecule has 0 aliphatic rings. The van der Waals surface area contributed by atoms with Crippen LogP contribution in [0.3, 0.4) is 0 Å². The number of methoxy groups -OCH3 is 1. The molecule has 0 spiro atoms. The first-order chi connectivity index (χ1) is 12.3. The van der Waals surface area contributed by atoms with Crippen LogP contribution in [0.4, 0.5) is 0 Å². The monoisotopic (exact) mass is 353 g/mol. The minimum Gasteiger partial charge on any atom is -0.469 e. The van der Waals surface area contributed by atoms with Gasteiger partial charge in [-0.05, 0) is 38.3 Å². The Morgan fingerprint density at radius 1 is 1.24 bits per heavy atom. The zero-order valence-corrected chi connectivity index (χ0v) is 15.4. The highest BCUT2D eigenvalue weighted by atomic mass is 16.5. The van der Waals surface area contributed by atoms with Crippen molar-refractivity contribution in [3.63, 3.8) is 0 Å². The van der Waals surface area contributed by atoms with Gasteiger partial charge in [-0.1, -0.05) is 6.42 Å². The van der Waals surface area contributed by atoms with Crippen molar-refractivity contribution in [1.29, 1.82) is 0 Å². The fourth-order valence-electron chi connectivity index (χ4n) is 2.15. The average Bonchev–Trinajstić information content (AvgIpc) is 3.13. The van der Waals surface area contributed by atoms with Gasteiger partial charge in [-0.3, -0.25) is 9.79 Å². The average molecular weight is 353 g/mol. The molecule has 2 N–H and O–H groups in total. The Morgan fingerprint density at radius 2 is 2.12 bits per heavy atom. The van der Waals surface area contributed by atoms with Crippen molar-refractivity contribution in [3.05, 3.63) is 24.2 Å². The number of unbranched alkanes of at least 4 members (excludes halogenated alkanes) is 2. The van der Waals surface area contributed by atoms with Crippen molar-refractivity contribution in [3.8, 4) is 0 Å². The number of carbonyl (C=O) groups excluding carboxylic acids is 1. The summed E-state index contributed by atoms with van der Waals surface area (Å²) in [6.07, 6.45) is 5.83. The van der Waals surface area contributed by atoms with Gasteiger partial charge in [-0.2, -0.15) is 0 Å². The Kier molecular flexibility index (Phi) is 12.1. The zero-order valence-electron chi connectivity index (χ0n) is 15.4. The standard InChI is InChI=1S/C18H31N3O4/c1-3-19-18(20-11-6-4-5-10-17(22)23-2)21-12-8-13-24-15-16-9-7-14-25-16/h7,9,14H,3-6,8,10-13,15H2,1-2H3,(H2,19,20,21). The summed E-state index contributed by atoms with van der Waals surface area (Å²) in [5, 5.41) is 6.53. The normalized spacial score (nSPS) is 11.4. The number of nitrogens with zero attached hydrogens (tertiary/aromatic N) is 1. The van der Waals surface area contributed by atoms with E-state index < -0.39 is 0 Å². The largest absolute Gasteiger partial charge is 0.469 e. The lowest BCUT2D eigenvalue weighted by Crippen LogP contribution is -2.37. The van der Waals surface area contributed by atoms with Crippen LogP contribution in [0.2, 0.25) is 0 Å². The highest BCUT2D eigenvalue weighted by Gasteiger charge is 2.00. The van der Waals surface area contributed by atoms with Crippen LogP contribution in [0, 0.1) is 0 Å². The molecule has 7 nitrogen and oxygen atoms in total. The molecule has 0 radical (unpaired) electrons. The smallest absolute Gasteiger partial charge is 0.305 e. The van der Waals surface area contributed by atoms with Gasteiger partial charge in [0.2, 0.25) is 0 Å². The molecule has 25 heavy (non-hydrogen) atoms. The molecule has 0 aliphatic carbocycles. The summed E-state index contributed by atoms with van der Waals surface area (Å²) in [6.45, 7) is 5.55. The molecule has 0 atom stereocenters. The molecular formula is C18H31N3O4. The number of furan rings is 1. The van der Waals surface area contributed by atoms with E-state index in [1.165, 1.54) is 7.11 Å². The summed E-state index contributed by atoms with van der Waals surface area (Å²) in [5.41, 5.74) is 0. The molecule has 0 aliphatic heterocycles. The van der Waals surface area contributed by atoms with Crippen molar-refractivity contribution in [2.45, 2.75) is 45.6 Å². The lowest BCUT2D eigenvalue weighted by Gasteiger charge is -2.11. The fraction of sp³-hybridized carbons (Fsp3) is 0.667. The number of guanidine groups is 1. The summed E-state index contributed by atoms with van der Waals surface area (Å²) in [4.78, 5) is 15.5. The van der Waals surface area contributed by atoms with Crippen molar-refractivity contribution in [1.82, 2.24) is 10.6 Å². The minimum atomic E-state index is -0.142. The van der Waals surface area contributed by atoms with Gasteiger partial charge >= 0.3 is 5.97 Å². The second kappa shape index (κ2) is 14.3. The van der Waals surface area contributed by atoms with E-state index in [2.05, 4.69) is 20.4 Å². The Morgan fingerprint density at radius 3 is 2.84 bits per heavy atom. The van der Waals surface area contributed by atoms with Crippen LogP contribution in [0.5, 0.6) is 0 Å². The topological polar surface area (TPSA) is 85.1 Å². The number of esters is 1. The molecular weight excluding hydrogens is 322 g/mol. The van der Waals surface area contributed by atoms with Crippen LogP contribution in [-0.2, 0) is 20.9 Å². The molecule has 0 unspecified atom stereocenters. The number of aliphatic imine (C=N–C) groups is 1. The summed E-state index contributed by atoms with van der Waals surface area (Å²) in [5.74, 6) is 1.52. The highest BCUT2D eigenvalue weighted by molar-refractivity contribution is 5.79. The number of nitrogens with one attached hydrogen (secondary N) is 2. The molecule has 0 saturated carbocycles. The Balaban J connectivity index is 2.06. The van der Waals surface area contributed by atoms with E-state index >= 15 is 0 Å². The van der Waals surface area contributed by atoms with Gasteiger partial charge in [0.1, 0.15) is 12.4 Å². The predicted molar refractivity (Wildman–Crippen MR) is 97.4 cm³/mol. The van der Waals surface area contributed by atoms with Crippen LogP contribution < -0.4 is 10.6 Å². The third-order valence-corrected chi connectivity index (χ3v) is 3.46. The minimum absolute atomic E-state index is 0.142. The maximum atomic E-state index is 11.0. The maximum absolute atomic E-state index is 11.0. The molecule has 0 saturated heterocycles. The van der Waals surface area contributed by atoms with Gasteiger partial charge in [-0.25, -0.2) is 0 Å². The first kappa shape index (κ1) is 21.0. The highest BCUT2D eigenvalue weighted by Crippen LogP contribution is 2.02. The molecule has 0 bridgehead atoms. The van der Waals surface area contributed by atoms with Gasteiger partial charge in [0.05, 0.1) is 13.4 Å². The Labute approximate surface area is 150 Å². The van der Waals surface area contributed by atoms with Crippen LogP contribution in [-0.4, -0.2) is 45.3 Å². The lowest BCUT2D eigenvalue weighted by atomic mass is 10.2. The molecule has 1 heterocycles. The van der Waals surface area contributed by atoms with E-state index in [1.807, 2.05) is 19.1 Å². The third-order valence-electron chi connectivity index (χ3n) is 3.46. The fourth-order valence-corrected chi connectivity index (χ4v) is 2.15. The maximum Gasteiger partial charge on any atom is 0.305 e. The summed E-state index contributed by atoms with van der Waals surface area (Å²) < 4.78 is 15.4. The van der Waals surface area contributed by atoms with Gasteiger partial charge in [0.25, 0.3) is 0 Å². The zero-order chi connectivity index (χ0) is 18.2. The van der Waals surface area contributed by atoms with Crippen molar-refractivity contribution in [2.75, 3.05) is 33.4 Å². The third kappa shape index (κ3) is 11.2. The molecule has 0 amide bonds. The van der Waals surface area contributed by atoms with E-state index in [0.717, 1.165) is 50.5 Å². The molecule has 7 heteroatoms. The molecule has 0 aromatic carbocycles. The lowest BCUT2D eigenvalue weighted by molar-refractivity contribution is -0.140. The van der Waals surface area contributed by atoms with E-state index in [-0.39, 0.29) is 5.97 Å². The van der Waals surface area contributed by atoms with Crippen LogP contribution in [0.25, 0.3) is 0 Å². The van der Waals surface area contributed by atoms with Crippen LogP contribution >= 0.6 is 0 Å². The molecule has 1 aromatic heterocycles. The van der Waals surface area contributed by atoms with Crippen molar-refractivity contribution in [2.24, 2.45) is 4.99 Å². The first-order valence-corrected chi connectivity index (χ1v) is 8.95. The Bertz CT molecular complexity index is 475. The van der Waals surface area contributed by atoms with Crippen LogP contribution in [0.1, 0.15) is 44.8 Å². The van der Waals surface area contributed by atoms with Crippen LogP contribution in [0.15, 0.2) is 27.8 Å². The summed E-state index contributed by atoms with van der Waals surface area (Å²) >= 11 is 0. The number of hydrogen-bond donors (Lipinski definition) is 2. The van der Waals surface area contributed by atoms with Crippen molar-refractivity contribution < 1.29 is 18.7 Å². The van der Waals surface area contributed by atoms with E-state index in [4.69, 9.17) is 9.15 Å². The van der Waals surface area contributed by atoms with Crippen molar-refractivity contribution >= 4 is 11.9 Å². The first-order valence-electron chi connectivity index (χ1n) is 8.95. The van der Waals surface area contributed by atoms with E-state index in [0.29, 0.717) is 26.2 Å². The number of ether oxygens (including phenoxy) is 2. The van der Waals surface area contributed by atoms with E-state index in [1.54, 1.807) is 6.26 Å². The molecule has 1 aromatic rings. The predicted octanol–water partition coefficient (Wildman–Crippen LogP) is 2.47. The number of hydrogen-bond acceptors (Lipinski definition) is 5. The van der Waals surface area contributed by atoms with E-state index in [9.17, 15) is 4.79 Å². The second-order valence-corrected chi connectivity index (χ2v) is 5.56. The second-order valence-electron chi connectivity index (χ2n) is 5.56. The number of carbonyl (C=O) groups is 1. The summed E-state index contributed by atoms with van der Waals surface area (Å²) in [6, 6.07) is 3.75. The Hall–Kier alpha value is -2.02. The quantitative estimate of drug-likeness (QED) is 0.245.